The summed E-state index contributed by atoms with van der Waals surface area (Å²) in [6.45, 7) is 1.58. The van der Waals surface area contributed by atoms with Crippen LogP contribution in [0.2, 0.25) is 5.02 Å². The first-order chi connectivity index (χ1) is 10.0. The first-order valence-electron chi connectivity index (χ1n) is 6.32. The van der Waals surface area contributed by atoms with Crippen molar-refractivity contribution in [2.24, 2.45) is 0 Å². The van der Waals surface area contributed by atoms with Crippen molar-refractivity contribution in [3.05, 3.63) is 68.7 Å². The van der Waals surface area contributed by atoms with Gasteiger partial charge in [-0.2, -0.15) is 0 Å². The Hall–Kier alpha value is -2.11. The number of nitro benzene ring substituents is 1. The Bertz CT molecular complexity index is 658. The van der Waals surface area contributed by atoms with Crippen LogP contribution in [0.1, 0.15) is 24.2 Å². The number of para-hydroxylation sites is 1. The van der Waals surface area contributed by atoms with Crippen molar-refractivity contribution in [3.8, 4) is 5.75 Å². The molecule has 110 valence electrons. The van der Waals surface area contributed by atoms with E-state index in [9.17, 15) is 15.2 Å². The number of aliphatic hydroxyl groups is 1. The van der Waals surface area contributed by atoms with Crippen molar-refractivity contribution in [1.29, 1.82) is 0 Å². The molecule has 6 heteroatoms. The highest BCUT2D eigenvalue weighted by Crippen LogP contribution is 2.30. The minimum absolute atomic E-state index is 0.0419. The summed E-state index contributed by atoms with van der Waals surface area (Å²) < 4.78 is 5.61. The van der Waals surface area contributed by atoms with Gasteiger partial charge < -0.3 is 9.84 Å². The van der Waals surface area contributed by atoms with Gasteiger partial charge in [-0.1, -0.05) is 35.9 Å². The van der Waals surface area contributed by atoms with Crippen LogP contribution in [0.4, 0.5) is 5.69 Å². The fourth-order valence-electron chi connectivity index (χ4n) is 1.97. The fraction of sp³-hybridized carbons (Fsp3) is 0.200. The Kier molecular flexibility index (Phi) is 4.77. The third-order valence-corrected chi connectivity index (χ3v) is 3.39. The molecular weight excluding hydrogens is 294 g/mol. The topological polar surface area (TPSA) is 72.6 Å². The number of aliphatic hydroxyl groups excluding tert-OH is 1. The molecule has 1 atom stereocenters. The number of hydrogen-bond acceptors (Lipinski definition) is 4. The number of ether oxygens (including phenoxy) is 1. The molecule has 21 heavy (non-hydrogen) atoms. The van der Waals surface area contributed by atoms with Crippen LogP contribution in [0.5, 0.6) is 5.75 Å². The van der Waals surface area contributed by atoms with E-state index in [1.165, 1.54) is 12.1 Å². The van der Waals surface area contributed by atoms with Crippen molar-refractivity contribution < 1.29 is 14.8 Å². The van der Waals surface area contributed by atoms with E-state index in [1.807, 2.05) is 0 Å². The van der Waals surface area contributed by atoms with Gasteiger partial charge in [0.1, 0.15) is 12.4 Å². The predicted octanol–water partition coefficient (Wildman–Crippen LogP) is 3.88. The number of benzene rings is 2. The number of nitro groups is 1. The molecule has 0 saturated carbocycles. The Labute approximate surface area is 126 Å². The molecular formula is C15H14ClNO4. The van der Waals surface area contributed by atoms with Crippen LogP contribution in [0, 0.1) is 10.1 Å². The van der Waals surface area contributed by atoms with Gasteiger partial charge in [-0.05, 0) is 19.1 Å². The van der Waals surface area contributed by atoms with Crippen molar-refractivity contribution >= 4 is 17.3 Å². The second-order valence-electron chi connectivity index (χ2n) is 4.50. The van der Waals surface area contributed by atoms with E-state index >= 15 is 0 Å². The van der Waals surface area contributed by atoms with Gasteiger partial charge in [0.2, 0.25) is 0 Å². The van der Waals surface area contributed by atoms with Crippen molar-refractivity contribution in [3.63, 3.8) is 0 Å². The number of halogens is 1. The highest BCUT2D eigenvalue weighted by Gasteiger charge is 2.18. The maximum Gasteiger partial charge on any atom is 0.277 e. The van der Waals surface area contributed by atoms with E-state index < -0.39 is 11.0 Å². The van der Waals surface area contributed by atoms with Crippen LogP contribution in [0.15, 0.2) is 42.5 Å². The monoisotopic (exact) mass is 307 g/mol. The van der Waals surface area contributed by atoms with E-state index in [0.717, 1.165) is 0 Å². The number of hydrogen-bond donors (Lipinski definition) is 1. The number of nitrogens with zero attached hydrogens (tertiary/aromatic N) is 1. The van der Waals surface area contributed by atoms with Gasteiger partial charge >= 0.3 is 0 Å². The number of rotatable bonds is 5. The van der Waals surface area contributed by atoms with Gasteiger partial charge in [0.05, 0.1) is 21.6 Å². The normalized spacial score (nSPS) is 12.0. The smallest absolute Gasteiger partial charge is 0.277 e. The second kappa shape index (κ2) is 6.56. The standard InChI is InChI=1S/C15H14ClNO4/c1-10(18)11-5-2-3-8-15(11)21-9-12-13(16)6-4-7-14(12)17(19)20/h2-8,10,18H,9H2,1H3/t10-/m1/s1. The van der Waals surface area contributed by atoms with Gasteiger partial charge in [-0.3, -0.25) is 10.1 Å². The summed E-state index contributed by atoms with van der Waals surface area (Å²) in [5.74, 6) is 0.474. The van der Waals surface area contributed by atoms with Crippen LogP contribution in [-0.2, 0) is 6.61 Å². The predicted molar refractivity (Wildman–Crippen MR) is 79.5 cm³/mol. The molecule has 0 heterocycles. The molecule has 2 aromatic carbocycles. The van der Waals surface area contributed by atoms with E-state index in [2.05, 4.69) is 0 Å². The van der Waals surface area contributed by atoms with Crippen LogP contribution >= 0.6 is 11.6 Å². The molecule has 0 saturated heterocycles. The van der Waals surface area contributed by atoms with Crippen LogP contribution in [0.25, 0.3) is 0 Å². The molecule has 2 rings (SSSR count). The molecule has 1 N–H and O–H groups in total. The van der Waals surface area contributed by atoms with E-state index in [-0.39, 0.29) is 17.3 Å². The molecule has 0 radical (unpaired) electrons. The Morgan fingerprint density at radius 1 is 1.29 bits per heavy atom. The SMILES string of the molecule is C[C@@H](O)c1ccccc1OCc1c(Cl)cccc1[N+](=O)[O-]. The average molecular weight is 308 g/mol. The summed E-state index contributed by atoms with van der Waals surface area (Å²) in [5, 5.41) is 21.0. The summed E-state index contributed by atoms with van der Waals surface area (Å²) in [5.41, 5.74) is 0.841. The zero-order valence-electron chi connectivity index (χ0n) is 11.3. The summed E-state index contributed by atoms with van der Waals surface area (Å²) in [6, 6.07) is 11.5. The first kappa shape index (κ1) is 15.3. The average Bonchev–Trinajstić information content (AvgIpc) is 2.45. The van der Waals surface area contributed by atoms with Gasteiger partial charge in [-0.25, -0.2) is 0 Å². The molecule has 0 unspecified atom stereocenters. The largest absolute Gasteiger partial charge is 0.488 e. The molecule has 0 aliphatic heterocycles. The molecule has 0 fully saturated rings. The lowest BCUT2D eigenvalue weighted by Crippen LogP contribution is -2.04. The third-order valence-electron chi connectivity index (χ3n) is 3.03. The van der Waals surface area contributed by atoms with Crippen molar-refractivity contribution in [2.75, 3.05) is 0 Å². The van der Waals surface area contributed by atoms with E-state index in [0.29, 0.717) is 16.9 Å². The molecule has 0 bridgehead atoms. The minimum atomic E-state index is -0.692. The zero-order chi connectivity index (χ0) is 15.4. The second-order valence-corrected chi connectivity index (χ2v) is 4.90. The summed E-state index contributed by atoms with van der Waals surface area (Å²) >= 11 is 6.01. The summed E-state index contributed by atoms with van der Waals surface area (Å²) in [4.78, 5) is 10.5. The summed E-state index contributed by atoms with van der Waals surface area (Å²) in [6.07, 6.45) is -0.692. The molecule has 0 aliphatic carbocycles. The van der Waals surface area contributed by atoms with Crippen LogP contribution in [-0.4, -0.2) is 10.0 Å². The first-order valence-corrected chi connectivity index (χ1v) is 6.70. The Morgan fingerprint density at radius 3 is 2.67 bits per heavy atom. The van der Waals surface area contributed by atoms with Gasteiger partial charge in [-0.15, -0.1) is 0 Å². The van der Waals surface area contributed by atoms with Crippen LogP contribution in [0.3, 0.4) is 0 Å². The zero-order valence-corrected chi connectivity index (χ0v) is 12.1. The lowest BCUT2D eigenvalue weighted by atomic mass is 10.1. The molecule has 0 aliphatic rings. The lowest BCUT2D eigenvalue weighted by molar-refractivity contribution is -0.385. The molecule has 0 aromatic heterocycles. The van der Waals surface area contributed by atoms with Gasteiger partial charge in [0, 0.05) is 11.6 Å². The summed E-state index contributed by atoms with van der Waals surface area (Å²) in [7, 11) is 0. The molecule has 5 nitrogen and oxygen atoms in total. The van der Waals surface area contributed by atoms with Gasteiger partial charge in [0.15, 0.2) is 0 Å². The minimum Gasteiger partial charge on any atom is -0.488 e. The van der Waals surface area contributed by atoms with E-state index in [1.54, 1.807) is 37.3 Å². The Balaban J connectivity index is 2.27. The van der Waals surface area contributed by atoms with Crippen molar-refractivity contribution in [1.82, 2.24) is 0 Å². The van der Waals surface area contributed by atoms with Crippen molar-refractivity contribution in [2.45, 2.75) is 19.6 Å². The quantitative estimate of drug-likeness (QED) is 0.672. The maximum absolute atomic E-state index is 11.0. The lowest BCUT2D eigenvalue weighted by Gasteiger charge is -2.13. The molecule has 0 spiro atoms. The molecule has 0 amide bonds. The highest BCUT2D eigenvalue weighted by molar-refractivity contribution is 6.31. The van der Waals surface area contributed by atoms with Gasteiger partial charge in [0.25, 0.3) is 5.69 Å². The fourth-order valence-corrected chi connectivity index (χ4v) is 2.19. The highest BCUT2D eigenvalue weighted by atomic mass is 35.5. The molecule has 2 aromatic rings. The van der Waals surface area contributed by atoms with Crippen LogP contribution < -0.4 is 4.74 Å². The third kappa shape index (κ3) is 3.51. The Morgan fingerprint density at radius 2 is 2.00 bits per heavy atom. The van der Waals surface area contributed by atoms with E-state index in [4.69, 9.17) is 16.3 Å². The maximum atomic E-state index is 11.0.